The molecule has 0 aliphatic rings. The van der Waals surface area contributed by atoms with E-state index in [1.807, 2.05) is 0 Å². The standard InChI is InChI=1S/C11H17FN2.ClH/c12-10-6-4-9(5-7-10)11(14)3-1-2-8-13;/h4-7,11H,1-3,8,13-14H2;1H/t11-;/m0./s1. The van der Waals surface area contributed by atoms with Crippen molar-refractivity contribution in [2.45, 2.75) is 25.3 Å². The average molecular weight is 233 g/mol. The summed E-state index contributed by atoms with van der Waals surface area (Å²) >= 11 is 0. The fraction of sp³-hybridized carbons (Fsp3) is 0.455. The second kappa shape index (κ2) is 7.63. The second-order valence-corrected chi connectivity index (χ2v) is 3.44. The third-order valence-corrected chi connectivity index (χ3v) is 2.27. The zero-order valence-electron chi connectivity index (χ0n) is 8.66. The van der Waals surface area contributed by atoms with Crippen molar-refractivity contribution in [2.75, 3.05) is 6.54 Å². The van der Waals surface area contributed by atoms with Gasteiger partial charge < -0.3 is 11.5 Å². The van der Waals surface area contributed by atoms with E-state index in [1.165, 1.54) is 12.1 Å². The summed E-state index contributed by atoms with van der Waals surface area (Å²) in [5.41, 5.74) is 12.3. The Hall–Kier alpha value is -0.640. The molecule has 0 heterocycles. The monoisotopic (exact) mass is 232 g/mol. The maximum Gasteiger partial charge on any atom is 0.123 e. The van der Waals surface area contributed by atoms with E-state index in [0.717, 1.165) is 24.8 Å². The summed E-state index contributed by atoms with van der Waals surface area (Å²) < 4.78 is 12.6. The third kappa shape index (κ3) is 5.11. The largest absolute Gasteiger partial charge is 0.330 e. The van der Waals surface area contributed by atoms with Crippen LogP contribution in [0.4, 0.5) is 4.39 Å². The van der Waals surface area contributed by atoms with Crippen molar-refractivity contribution in [3.8, 4) is 0 Å². The zero-order valence-corrected chi connectivity index (χ0v) is 9.47. The van der Waals surface area contributed by atoms with E-state index in [0.29, 0.717) is 6.54 Å². The molecule has 1 atom stereocenters. The number of hydrogen-bond donors (Lipinski definition) is 2. The molecular formula is C11H18ClFN2. The first-order valence-corrected chi connectivity index (χ1v) is 4.95. The van der Waals surface area contributed by atoms with Crippen molar-refractivity contribution in [1.82, 2.24) is 0 Å². The molecule has 0 saturated carbocycles. The van der Waals surface area contributed by atoms with Crippen molar-refractivity contribution in [3.05, 3.63) is 35.6 Å². The van der Waals surface area contributed by atoms with Gasteiger partial charge in [0.2, 0.25) is 0 Å². The molecule has 0 amide bonds. The Labute approximate surface area is 96.3 Å². The number of rotatable bonds is 5. The van der Waals surface area contributed by atoms with Crippen molar-refractivity contribution in [3.63, 3.8) is 0 Å². The predicted molar refractivity (Wildman–Crippen MR) is 63.5 cm³/mol. The van der Waals surface area contributed by atoms with Gasteiger partial charge in [0.15, 0.2) is 0 Å². The minimum absolute atomic E-state index is 0. The van der Waals surface area contributed by atoms with Gasteiger partial charge in [-0.3, -0.25) is 0 Å². The van der Waals surface area contributed by atoms with Crippen LogP contribution in [0.5, 0.6) is 0 Å². The number of benzene rings is 1. The Bertz CT molecular complexity index is 264. The highest BCUT2D eigenvalue weighted by atomic mass is 35.5. The average Bonchev–Trinajstić information content (AvgIpc) is 2.19. The van der Waals surface area contributed by atoms with Crippen LogP contribution in [0.25, 0.3) is 0 Å². The van der Waals surface area contributed by atoms with E-state index in [1.54, 1.807) is 12.1 Å². The first-order valence-electron chi connectivity index (χ1n) is 4.95. The summed E-state index contributed by atoms with van der Waals surface area (Å²) in [5, 5.41) is 0. The summed E-state index contributed by atoms with van der Waals surface area (Å²) in [6, 6.07) is 6.36. The lowest BCUT2D eigenvalue weighted by atomic mass is 10.0. The summed E-state index contributed by atoms with van der Waals surface area (Å²) in [6.07, 6.45) is 2.92. The molecule has 0 aliphatic carbocycles. The second-order valence-electron chi connectivity index (χ2n) is 3.44. The van der Waals surface area contributed by atoms with Crippen molar-refractivity contribution >= 4 is 12.4 Å². The Balaban J connectivity index is 0.00000196. The molecule has 1 aromatic carbocycles. The van der Waals surface area contributed by atoms with E-state index in [9.17, 15) is 4.39 Å². The highest BCUT2D eigenvalue weighted by molar-refractivity contribution is 5.85. The highest BCUT2D eigenvalue weighted by Gasteiger charge is 2.04. The van der Waals surface area contributed by atoms with Gasteiger partial charge in [0.1, 0.15) is 5.82 Å². The van der Waals surface area contributed by atoms with Crippen LogP contribution in [0, 0.1) is 5.82 Å². The molecule has 0 unspecified atom stereocenters. The number of nitrogens with two attached hydrogens (primary N) is 2. The molecule has 4 heteroatoms. The van der Waals surface area contributed by atoms with Crippen LogP contribution in [-0.4, -0.2) is 6.54 Å². The Morgan fingerprint density at radius 3 is 2.27 bits per heavy atom. The number of unbranched alkanes of at least 4 members (excludes halogenated alkanes) is 1. The molecule has 1 aromatic rings. The minimum Gasteiger partial charge on any atom is -0.330 e. The molecule has 15 heavy (non-hydrogen) atoms. The Morgan fingerprint density at radius 1 is 1.13 bits per heavy atom. The minimum atomic E-state index is -0.220. The molecule has 0 fully saturated rings. The number of halogens is 2. The molecule has 86 valence electrons. The number of hydrogen-bond acceptors (Lipinski definition) is 2. The van der Waals surface area contributed by atoms with Crippen molar-refractivity contribution in [1.29, 1.82) is 0 Å². The first-order chi connectivity index (χ1) is 6.74. The molecular weight excluding hydrogens is 215 g/mol. The van der Waals surface area contributed by atoms with Gasteiger partial charge in [-0.2, -0.15) is 0 Å². The van der Waals surface area contributed by atoms with E-state index < -0.39 is 0 Å². The molecule has 0 aromatic heterocycles. The third-order valence-electron chi connectivity index (χ3n) is 2.27. The summed E-state index contributed by atoms with van der Waals surface area (Å²) in [7, 11) is 0. The lowest BCUT2D eigenvalue weighted by Gasteiger charge is -2.11. The molecule has 0 saturated heterocycles. The van der Waals surface area contributed by atoms with E-state index in [-0.39, 0.29) is 24.3 Å². The van der Waals surface area contributed by atoms with E-state index >= 15 is 0 Å². The predicted octanol–water partition coefficient (Wildman–Crippen LogP) is 2.38. The molecule has 2 nitrogen and oxygen atoms in total. The lowest BCUT2D eigenvalue weighted by molar-refractivity contribution is 0.586. The normalized spacial score (nSPS) is 11.9. The van der Waals surface area contributed by atoms with Crippen LogP contribution in [-0.2, 0) is 0 Å². The van der Waals surface area contributed by atoms with Gasteiger partial charge in [-0.1, -0.05) is 18.6 Å². The zero-order chi connectivity index (χ0) is 10.4. The van der Waals surface area contributed by atoms with Gasteiger partial charge in [0, 0.05) is 6.04 Å². The fourth-order valence-corrected chi connectivity index (χ4v) is 1.39. The molecule has 0 aliphatic heterocycles. The molecule has 0 bridgehead atoms. The van der Waals surface area contributed by atoms with Gasteiger partial charge in [0.25, 0.3) is 0 Å². The summed E-state index contributed by atoms with van der Waals surface area (Å²) in [4.78, 5) is 0. The van der Waals surface area contributed by atoms with Crippen LogP contribution in [0.1, 0.15) is 30.9 Å². The molecule has 1 rings (SSSR count). The molecule has 0 spiro atoms. The van der Waals surface area contributed by atoms with E-state index in [2.05, 4.69) is 0 Å². The topological polar surface area (TPSA) is 52.0 Å². The first kappa shape index (κ1) is 14.4. The SMILES string of the molecule is Cl.NCCCC[C@H](N)c1ccc(F)cc1. The summed E-state index contributed by atoms with van der Waals surface area (Å²) in [6.45, 7) is 0.705. The van der Waals surface area contributed by atoms with Crippen LogP contribution in [0.2, 0.25) is 0 Å². The van der Waals surface area contributed by atoms with Gasteiger partial charge >= 0.3 is 0 Å². The van der Waals surface area contributed by atoms with Gasteiger partial charge in [0.05, 0.1) is 0 Å². The van der Waals surface area contributed by atoms with Gasteiger partial charge in [-0.15, -0.1) is 12.4 Å². The molecule has 4 N–H and O–H groups in total. The smallest absolute Gasteiger partial charge is 0.123 e. The lowest BCUT2D eigenvalue weighted by Crippen LogP contribution is -2.11. The van der Waals surface area contributed by atoms with Crippen molar-refractivity contribution < 1.29 is 4.39 Å². The van der Waals surface area contributed by atoms with Crippen LogP contribution < -0.4 is 11.5 Å². The van der Waals surface area contributed by atoms with Gasteiger partial charge in [-0.25, -0.2) is 4.39 Å². The van der Waals surface area contributed by atoms with Crippen LogP contribution in [0.15, 0.2) is 24.3 Å². The Morgan fingerprint density at radius 2 is 1.73 bits per heavy atom. The highest BCUT2D eigenvalue weighted by Crippen LogP contribution is 2.16. The van der Waals surface area contributed by atoms with Crippen LogP contribution in [0.3, 0.4) is 0 Å². The van der Waals surface area contributed by atoms with Gasteiger partial charge in [-0.05, 0) is 37.1 Å². The van der Waals surface area contributed by atoms with Crippen molar-refractivity contribution in [2.24, 2.45) is 11.5 Å². The van der Waals surface area contributed by atoms with Crippen LogP contribution >= 0.6 is 12.4 Å². The maximum atomic E-state index is 12.6. The summed E-state index contributed by atoms with van der Waals surface area (Å²) in [5.74, 6) is -0.220. The van der Waals surface area contributed by atoms with E-state index in [4.69, 9.17) is 11.5 Å². The fourth-order valence-electron chi connectivity index (χ4n) is 1.39. The quantitative estimate of drug-likeness (QED) is 0.766. The maximum absolute atomic E-state index is 12.6. The molecule has 0 radical (unpaired) electrons. The Kier molecular flexibility index (Phi) is 7.30.